The van der Waals surface area contributed by atoms with Crippen LogP contribution in [0.3, 0.4) is 0 Å². The van der Waals surface area contributed by atoms with Gasteiger partial charge in [-0.2, -0.15) is 0 Å². The number of amides is 2. The maximum absolute atomic E-state index is 13.0. The van der Waals surface area contributed by atoms with Gasteiger partial charge in [-0.25, -0.2) is 5.43 Å². The molecule has 32 heavy (non-hydrogen) atoms. The van der Waals surface area contributed by atoms with Crippen molar-refractivity contribution in [3.63, 3.8) is 0 Å². The third-order valence-electron chi connectivity index (χ3n) is 6.14. The fourth-order valence-corrected chi connectivity index (χ4v) is 5.28. The van der Waals surface area contributed by atoms with Gasteiger partial charge in [0, 0.05) is 41.6 Å². The minimum atomic E-state index is -0.148. The summed E-state index contributed by atoms with van der Waals surface area (Å²) in [7, 11) is 0. The molecule has 2 amide bonds. The first-order valence-corrected chi connectivity index (χ1v) is 11.8. The molecule has 0 aliphatic carbocycles. The van der Waals surface area contributed by atoms with Crippen LogP contribution >= 0.6 is 11.3 Å². The van der Waals surface area contributed by atoms with Crippen molar-refractivity contribution in [3.05, 3.63) is 70.6 Å². The van der Waals surface area contributed by atoms with Crippen LogP contribution in [-0.2, 0) is 16.1 Å². The van der Waals surface area contributed by atoms with Crippen LogP contribution in [0.25, 0.3) is 10.1 Å². The average molecular weight is 451 g/mol. The Labute approximate surface area is 190 Å². The molecular formula is C24H26N4O3S. The van der Waals surface area contributed by atoms with Crippen molar-refractivity contribution in [1.82, 2.24) is 21.1 Å². The van der Waals surface area contributed by atoms with Crippen molar-refractivity contribution in [1.29, 1.82) is 0 Å². The summed E-state index contributed by atoms with van der Waals surface area (Å²) in [6.45, 7) is 3.57. The number of hydrogen-bond donors (Lipinski definition) is 3. The van der Waals surface area contributed by atoms with Crippen LogP contribution in [0.2, 0.25) is 0 Å². The molecule has 8 heteroatoms. The highest BCUT2D eigenvalue weighted by Gasteiger charge is 2.36. The third kappa shape index (κ3) is 4.27. The summed E-state index contributed by atoms with van der Waals surface area (Å²) in [6, 6.07) is 16.0. The molecule has 5 rings (SSSR count). The lowest BCUT2D eigenvalue weighted by Crippen LogP contribution is -2.45. The first kappa shape index (κ1) is 21.1. The molecule has 0 bridgehead atoms. The summed E-state index contributed by atoms with van der Waals surface area (Å²) in [5, 5.41) is 5.92. The maximum atomic E-state index is 13.0. The Morgan fingerprint density at radius 3 is 2.69 bits per heavy atom. The minimum absolute atomic E-state index is 0.0654. The zero-order chi connectivity index (χ0) is 21.9. The van der Waals surface area contributed by atoms with Gasteiger partial charge in [0.1, 0.15) is 0 Å². The van der Waals surface area contributed by atoms with Crippen LogP contribution in [0.5, 0.6) is 0 Å². The van der Waals surface area contributed by atoms with Gasteiger partial charge in [-0.05, 0) is 17.2 Å². The Balaban J connectivity index is 1.22. The van der Waals surface area contributed by atoms with Gasteiger partial charge >= 0.3 is 0 Å². The van der Waals surface area contributed by atoms with Gasteiger partial charge in [0.2, 0.25) is 5.91 Å². The first-order chi connectivity index (χ1) is 15.7. The van der Waals surface area contributed by atoms with E-state index in [1.165, 1.54) is 0 Å². The van der Waals surface area contributed by atoms with Crippen LogP contribution in [0.1, 0.15) is 27.5 Å². The van der Waals surface area contributed by atoms with Crippen LogP contribution < -0.4 is 16.2 Å². The summed E-state index contributed by atoms with van der Waals surface area (Å²) < 4.78 is 6.48. The number of morpholine rings is 1. The van der Waals surface area contributed by atoms with Gasteiger partial charge in [-0.3, -0.25) is 15.0 Å². The summed E-state index contributed by atoms with van der Waals surface area (Å²) in [5.74, 6) is -0.0509. The molecule has 2 atom stereocenters. The molecule has 3 aromatic rings. The van der Waals surface area contributed by atoms with Crippen LogP contribution in [0, 0.1) is 5.92 Å². The van der Waals surface area contributed by atoms with Gasteiger partial charge in [0.15, 0.2) is 0 Å². The molecule has 2 fully saturated rings. The van der Waals surface area contributed by atoms with Gasteiger partial charge in [0.25, 0.3) is 5.91 Å². The zero-order valence-electron chi connectivity index (χ0n) is 17.7. The SMILES string of the molecule is O=C(NCc1ccc(C2NNCC2C(=O)N2CCOCC2)cc1)c1csc2ccccc12. The molecule has 3 heterocycles. The molecule has 166 valence electrons. The van der Waals surface area contributed by atoms with E-state index in [1.54, 1.807) is 11.3 Å². The molecule has 7 nitrogen and oxygen atoms in total. The highest BCUT2D eigenvalue weighted by Crippen LogP contribution is 2.28. The van der Waals surface area contributed by atoms with Crippen molar-refractivity contribution in [3.8, 4) is 0 Å². The zero-order valence-corrected chi connectivity index (χ0v) is 18.5. The predicted molar refractivity (Wildman–Crippen MR) is 124 cm³/mol. The van der Waals surface area contributed by atoms with E-state index < -0.39 is 0 Å². The molecule has 2 saturated heterocycles. The lowest BCUT2D eigenvalue weighted by molar-refractivity contribution is -0.139. The lowest BCUT2D eigenvalue weighted by Gasteiger charge is -2.30. The fraction of sp³-hybridized carbons (Fsp3) is 0.333. The summed E-state index contributed by atoms with van der Waals surface area (Å²) >= 11 is 1.58. The monoisotopic (exact) mass is 450 g/mol. The van der Waals surface area contributed by atoms with E-state index in [0.717, 1.165) is 21.2 Å². The lowest BCUT2D eigenvalue weighted by atomic mass is 9.93. The fourth-order valence-electron chi connectivity index (χ4n) is 4.34. The number of benzene rings is 2. The molecule has 1 aromatic heterocycles. The van der Waals surface area contributed by atoms with Crippen molar-refractivity contribution >= 4 is 33.2 Å². The second-order valence-electron chi connectivity index (χ2n) is 8.12. The smallest absolute Gasteiger partial charge is 0.253 e. The summed E-state index contributed by atoms with van der Waals surface area (Å²) in [6.07, 6.45) is 0. The molecule has 0 saturated carbocycles. The number of fused-ring (bicyclic) bond motifs is 1. The van der Waals surface area contributed by atoms with E-state index in [9.17, 15) is 9.59 Å². The van der Waals surface area contributed by atoms with Crippen molar-refractivity contribution in [2.75, 3.05) is 32.8 Å². The van der Waals surface area contributed by atoms with E-state index in [4.69, 9.17) is 4.74 Å². The van der Waals surface area contributed by atoms with Crippen molar-refractivity contribution in [2.24, 2.45) is 5.92 Å². The number of nitrogens with zero attached hydrogens (tertiary/aromatic N) is 1. The molecular weight excluding hydrogens is 424 g/mol. The largest absolute Gasteiger partial charge is 0.378 e. The van der Waals surface area contributed by atoms with Gasteiger partial charge in [-0.1, -0.05) is 42.5 Å². The first-order valence-electron chi connectivity index (χ1n) is 10.9. The molecule has 2 aliphatic rings. The molecule has 0 radical (unpaired) electrons. The predicted octanol–water partition coefficient (Wildman–Crippen LogP) is 2.46. The van der Waals surface area contributed by atoms with Crippen molar-refractivity contribution < 1.29 is 14.3 Å². The number of rotatable bonds is 5. The molecule has 2 aliphatic heterocycles. The Hall–Kier alpha value is -2.78. The van der Waals surface area contributed by atoms with Gasteiger partial charge in [0.05, 0.1) is 30.7 Å². The topological polar surface area (TPSA) is 82.7 Å². The molecule has 2 aromatic carbocycles. The minimum Gasteiger partial charge on any atom is -0.378 e. The number of carbonyl (C=O) groups is 2. The van der Waals surface area contributed by atoms with Crippen LogP contribution in [-0.4, -0.2) is 49.6 Å². The highest BCUT2D eigenvalue weighted by molar-refractivity contribution is 7.17. The second-order valence-corrected chi connectivity index (χ2v) is 9.03. The standard InChI is InChI=1S/C24H26N4O3S/c29-23(20-15-32-21-4-2-1-3-18(20)21)25-13-16-5-7-17(8-6-16)22-19(14-26-27-22)24(30)28-9-11-31-12-10-28/h1-8,15,19,22,26-27H,9-14H2,(H,25,29). The number of nitrogens with one attached hydrogen (secondary N) is 3. The number of ether oxygens (including phenoxy) is 1. The van der Waals surface area contributed by atoms with Gasteiger partial charge in [-0.15, -0.1) is 11.3 Å². The van der Waals surface area contributed by atoms with E-state index in [-0.39, 0.29) is 23.8 Å². The second kappa shape index (κ2) is 9.38. The molecule has 3 N–H and O–H groups in total. The Bertz CT molecular complexity index is 1110. The van der Waals surface area contributed by atoms with Crippen LogP contribution in [0.15, 0.2) is 53.9 Å². The number of thiophene rings is 1. The quantitative estimate of drug-likeness (QED) is 0.556. The molecule has 2 unspecified atom stereocenters. The average Bonchev–Trinajstić information content (AvgIpc) is 3.51. The molecule has 0 spiro atoms. The third-order valence-corrected chi connectivity index (χ3v) is 7.10. The number of hydrogen-bond acceptors (Lipinski definition) is 6. The Kier molecular flexibility index (Phi) is 6.18. The van der Waals surface area contributed by atoms with Crippen molar-refractivity contribution in [2.45, 2.75) is 12.6 Å². The van der Waals surface area contributed by atoms with E-state index in [0.29, 0.717) is 45.0 Å². The Morgan fingerprint density at radius 2 is 1.88 bits per heavy atom. The number of carbonyl (C=O) groups excluding carboxylic acids is 2. The number of hydrazine groups is 1. The summed E-state index contributed by atoms with van der Waals surface area (Å²) in [5.41, 5.74) is 9.18. The summed E-state index contributed by atoms with van der Waals surface area (Å²) in [4.78, 5) is 27.5. The maximum Gasteiger partial charge on any atom is 0.253 e. The van der Waals surface area contributed by atoms with E-state index >= 15 is 0 Å². The highest BCUT2D eigenvalue weighted by atomic mass is 32.1. The van der Waals surface area contributed by atoms with Gasteiger partial charge < -0.3 is 15.0 Å². The Morgan fingerprint density at radius 1 is 1.09 bits per heavy atom. The van der Waals surface area contributed by atoms with E-state index in [2.05, 4.69) is 16.2 Å². The normalized spacial score (nSPS) is 21.1. The van der Waals surface area contributed by atoms with E-state index in [1.807, 2.05) is 58.8 Å². The van der Waals surface area contributed by atoms with Crippen LogP contribution in [0.4, 0.5) is 0 Å².